The van der Waals surface area contributed by atoms with Gasteiger partial charge in [-0.3, -0.25) is 0 Å². The molecule has 0 aliphatic rings. The van der Waals surface area contributed by atoms with E-state index < -0.39 is 0 Å². The molecule has 10 rings (SSSR count). The van der Waals surface area contributed by atoms with Crippen LogP contribution < -0.4 is 4.90 Å². The summed E-state index contributed by atoms with van der Waals surface area (Å²) < 4.78 is 6.79. The Kier molecular flexibility index (Phi) is 7.18. The molecule has 244 valence electrons. The molecule has 0 aliphatic heterocycles. The number of hydrogen-bond donors (Lipinski definition) is 0. The van der Waals surface area contributed by atoms with Crippen LogP contribution >= 0.6 is 0 Å². The highest BCUT2D eigenvalue weighted by molar-refractivity contribution is 6.24. The molecule has 2 heteroatoms. The van der Waals surface area contributed by atoms with Gasteiger partial charge in [0.15, 0.2) is 5.58 Å². The fraction of sp³-hybridized carbons (Fsp3) is 0. The molecule has 0 unspecified atom stereocenters. The Morgan fingerprint density at radius 2 is 0.865 bits per heavy atom. The summed E-state index contributed by atoms with van der Waals surface area (Å²) in [6.45, 7) is 0. The second kappa shape index (κ2) is 12.5. The van der Waals surface area contributed by atoms with Crippen molar-refractivity contribution >= 4 is 60.5 Å². The quantitative estimate of drug-likeness (QED) is 0.165. The van der Waals surface area contributed by atoms with Gasteiger partial charge >= 0.3 is 0 Å². The molecule has 0 bridgehead atoms. The standard InChI is InChI=1S/C50H33NO/c1-3-15-34(16-4-1)39-20-9-11-23-42(39)43-24-12-10-21-40(43)36-27-30-38(31-28-36)51(37-18-5-2-6-19-37)49-45-32-29-35-17-7-8-22-41(35)46(45)33-47-44-25-13-14-26-48(44)52-50(47)49/h1-33H. The number of para-hydroxylation sites is 2. The fourth-order valence-corrected chi connectivity index (χ4v) is 7.86. The molecule has 0 fully saturated rings. The minimum atomic E-state index is 0.875. The highest BCUT2D eigenvalue weighted by atomic mass is 16.3. The topological polar surface area (TPSA) is 16.4 Å². The smallest absolute Gasteiger partial charge is 0.160 e. The van der Waals surface area contributed by atoms with Gasteiger partial charge in [-0.1, -0.05) is 164 Å². The van der Waals surface area contributed by atoms with Crippen molar-refractivity contribution < 1.29 is 4.42 Å². The van der Waals surface area contributed by atoms with Gasteiger partial charge < -0.3 is 9.32 Å². The summed E-state index contributed by atoms with van der Waals surface area (Å²) in [5.41, 5.74) is 12.1. The second-order valence-corrected chi connectivity index (χ2v) is 13.3. The molecule has 0 saturated carbocycles. The minimum absolute atomic E-state index is 0.875. The average molecular weight is 664 g/mol. The maximum Gasteiger partial charge on any atom is 0.160 e. The Hall–Kier alpha value is -6.90. The van der Waals surface area contributed by atoms with Crippen LogP contribution in [-0.2, 0) is 0 Å². The minimum Gasteiger partial charge on any atom is -0.454 e. The Morgan fingerprint density at radius 3 is 1.58 bits per heavy atom. The van der Waals surface area contributed by atoms with E-state index in [1.54, 1.807) is 0 Å². The van der Waals surface area contributed by atoms with Gasteiger partial charge in [-0.25, -0.2) is 0 Å². The number of anilines is 3. The van der Waals surface area contributed by atoms with Gasteiger partial charge in [0.25, 0.3) is 0 Å². The maximum atomic E-state index is 6.79. The van der Waals surface area contributed by atoms with Crippen LogP contribution in [0.1, 0.15) is 0 Å². The van der Waals surface area contributed by atoms with Crippen LogP contribution in [0.15, 0.2) is 205 Å². The molecule has 1 heterocycles. The molecular formula is C50H33NO. The van der Waals surface area contributed by atoms with E-state index in [-0.39, 0.29) is 0 Å². The molecule has 0 N–H and O–H groups in total. The average Bonchev–Trinajstić information content (AvgIpc) is 3.60. The van der Waals surface area contributed by atoms with Crippen LogP contribution in [0, 0.1) is 0 Å². The Morgan fingerprint density at radius 1 is 0.327 bits per heavy atom. The number of fused-ring (bicyclic) bond motifs is 6. The van der Waals surface area contributed by atoms with Crippen LogP contribution in [-0.4, -0.2) is 0 Å². The van der Waals surface area contributed by atoms with Crippen molar-refractivity contribution in [3.63, 3.8) is 0 Å². The first kappa shape index (κ1) is 30.0. The zero-order valence-corrected chi connectivity index (χ0v) is 28.4. The molecule has 0 amide bonds. The lowest BCUT2D eigenvalue weighted by molar-refractivity contribution is 0.669. The van der Waals surface area contributed by atoms with Gasteiger partial charge in [-0.05, 0) is 85.9 Å². The summed E-state index contributed by atoms with van der Waals surface area (Å²) in [7, 11) is 0. The lowest BCUT2D eigenvalue weighted by Crippen LogP contribution is -2.11. The van der Waals surface area contributed by atoms with E-state index in [1.165, 1.54) is 44.0 Å². The zero-order chi connectivity index (χ0) is 34.4. The predicted octanol–water partition coefficient (Wildman–Crippen LogP) is 14.4. The molecule has 0 aliphatic carbocycles. The van der Waals surface area contributed by atoms with Crippen molar-refractivity contribution in [1.82, 2.24) is 0 Å². The molecule has 2 nitrogen and oxygen atoms in total. The van der Waals surface area contributed by atoms with E-state index in [2.05, 4.69) is 199 Å². The first-order chi connectivity index (χ1) is 25.8. The van der Waals surface area contributed by atoms with Crippen LogP contribution in [0.3, 0.4) is 0 Å². The molecule has 0 radical (unpaired) electrons. The highest BCUT2D eigenvalue weighted by Crippen LogP contribution is 2.48. The highest BCUT2D eigenvalue weighted by Gasteiger charge is 2.24. The first-order valence-corrected chi connectivity index (χ1v) is 17.8. The van der Waals surface area contributed by atoms with Crippen LogP contribution in [0.4, 0.5) is 17.1 Å². The summed E-state index contributed by atoms with van der Waals surface area (Å²) >= 11 is 0. The first-order valence-electron chi connectivity index (χ1n) is 17.8. The number of rotatable bonds is 6. The van der Waals surface area contributed by atoms with E-state index >= 15 is 0 Å². The van der Waals surface area contributed by atoms with E-state index in [1.807, 2.05) is 6.07 Å². The SMILES string of the molecule is c1ccc(-c2ccccc2-c2ccccc2-c2ccc(N(c3ccccc3)c3c4ccc5ccccc5c4cc4c3oc3ccccc34)cc2)cc1. The van der Waals surface area contributed by atoms with Crippen molar-refractivity contribution in [2.45, 2.75) is 0 Å². The fourth-order valence-electron chi connectivity index (χ4n) is 7.86. The van der Waals surface area contributed by atoms with Gasteiger partial charge in [0.1, 0.15) is 5.58 Å². The lowest BCUT2D eigenvalue weighted by Gasteiger charge is -2.27. The van der Waals surface area contributed by atoms with Crippen molar-refractivity contribution in [1.29, 1.82) is 0 Å². The molecule has 0 atom stereocenters. The molecule has 9 aromatic carbocycles. The van der Waals surface area contributed by atoms with Gasteiger partial charge in [0.2, 0.25) is 0 Å². The van der Waals surface area contributed by atoms with E-state index in [0.717, 1.165) is 50.0 Å². The van der Waals surface area contributed by atoms with Crippen molar-refractivity contribution in [3.05, 3.63) is 200 Å². The third-order valence-corrected chi connectivity index (χ3v) is 10.3. The number of hydrogen-bond acceptors (Lipinski definition) is 2. The molecular weight excluding hydrogens is 631 g/mol. The number of furan rings is 1. The molecule has 0 spiro atoms. The summed E-state index contributed by atoms with van der Waals surface area (Å²) in [6, 6.07) is 71.5. The number of benzene rings is 9. The zero-order valence-electron chi connectivity index (χ0n) is 28.4. The Labute approximate surface area is 302 Å². The van der Waals surface area contributed by atoms with E-state index in [4.69, 9.17) is 4.42 Å². The van der Waals surface area contributed by atoms with Gasteiger partial charge in [-0.15, -0.1) is 0 Å². The van der Waals surface area contributed by atoms with Crippen LogP contribution in [0.25, 0.3) is 76.9 Å². The molecule has 10 aromatic rings. The monoisotopic (exact) mass is 663 g/mol. The van der Waals surface area contributed by atoms with Crippen molar-refractivity contribution in [2.24, 2.45) is 0 Å². The van der Waals surface area contributed by atoms with Gasteiger partial charge in [-0.2, -0.15) is 0 Å². The molecule has 52 heavy (non-hydrogen) atoms. The predicted molar refractivity (Wildman–Crippen MR) is 220 cm³/mol. The lowest BCUT2D eigenvalue weighted by atomic mass is 9.89. The van der Waals surface area contributed by atoms with Crippen molar-refractivity contribution in [3.8, 4) is 33.4 Å². The summed E-state index contributed by atoms with van der Waals surface area (Å²) in [5, 5.41) is 7.01. The van der Waals surface area contributed by atoms with Crippen LogP contribution in [0.2, 0.25) is 0 Å². The number of nitrogens with zero attached hydrogens (tertiary/aromatic N) is 1. The molecule has 0 saturated heterocycles. The van der Waals surface area contributed by atoms with Crippen LogP contribution in [0.5, 0.6) is 0 Å². The van der Waals surface area contributed by atoms with E-state index in [0.29, 0.717) is 0 Å². The summed E-state index contributed by atoms with van der Waals surface area (Å²) in [6.07, 6.45) is 0. The largest absolute Gasteiger partial charge is 0.454 e. The van der Waals surface area contributed by atoms with Gasteiger partial charge in [0.05, 0.1) is 5.69 Å². The van der Waals surface area contributed by atoms with Gasteiger partial charge in [0, 0.05) is 27.5 Å². The summed E-state index contributed by atoms with van der Waals surface area (Å²) in [4.78, 5) is 2.36. The normalized spacial score (nSPS) is 11.5. The summed E-state index contributed by atoms with van der Waals surface area (Å²) in [5.74, 6) is 0. The third kappa shape index (κ3) is 4.96. The van der Waals surface area contributed by atoms with E-state index in [9.17, 15) is 0 Å². The Balaban J connectivity index is 1.18. The van der Waals surface area contributed by atoms with Crippen molar-refractivity contribution in [2.75, 3.05) is 4.90 Å². The third-order valence-electron chi connectivity index (χ3n) is 10.3. The maximum absolute atomic E-state index is 6.79. The molecule has 1 aromatic heterocycles. The second-order valence-electron chi connectivity index (χ2n) is 13.3. The Bertz CT molecular complexity index is 2890.